The number of hydrogen-bond donors (Lipinski definition) is 2. The van der Waals surface area contributed by atoms with Gasteiger partial charge in [-0.05, 0) is 25.7 Å². The van der Waals surface area contributed by atoms with E-state index in [-0.39, 0.29) is 43.4 Å². The van der Waals surface area contributed by atoms with Gasteiger partial charge in [0.25, 0.3) is 0 Å². The van der Waals surface area contributed by atoms with E-state index in [2.05, 4.69) is 10.2 Å². The SMILES string of the molecule is COCC(N)C(=O)NC1CCN(C2CCCC2)CC1.Cl.Cl. The van der Waals surface area contributed by atoms with Gasteiger partial charge in [0, 0.05) is 32.3 Å². The van der Waals surface area contributed by atoms with Crippen LogP contribution < -0.4 is 11.1 Å². The Bertz CT molecular complexity index is 294. The van der Waals surface area contributed by atoms with Gasteiger partial charge in [0.1, 0.15) is 6.04 Å². The molecule has 0 aromatic carbocycles. The number of ether oxygens (including phenoxy) is 1. The summed E-state index contributed by atoms with van der Waals surface area (Å²) < 4.78 is 4.90. The topological polar surface area (TPSA) is 67.6 Å². The second-order valence-electron chi connectivity index (χ2n) is 5.82. The van der Waals surface area contributed by atoms with Crippen molar-refractivity contribution in [2.24, 2.45) is 5.73 Å². The van der Waals surface area contributed by atoms with Crippen LogP contribution in [0.2, 0.25) is 0 Å². The van der Waals surface area contributed by atoms with Crippen LogP contribution in [0, 0.1) is 0 Å². The first-order valence-corrected chi connectivity index (χ1v) is 7.49. The molecule has 1 saturated carbocycles. The first-order chi connectivity index (χ1) is 9.20. The summed E-state index contributed by atoms with van der Waals surface area (Å²) in [5, 5.41) is 3.04. The fourth-order valence-corrected chi connectivity index (χ4v) is 3.24. The normalized spacial score (nSPS) is 22.2. The molecule has 0 aromatic heterocycles. The summed E-state index contributed by atoms with van der Waals surface area (Å²) in [7, 11) is 1.56. The average Bonchev–Trinajstić information content (AvgIpc) is 2.94. The number of methoxy groups -OCH3 is 1. The maximum absolute atomic E-state index is 11.8. The Kier molecular flexibility index (Phi) is 10.6. The first-order valence-electron chi connectivity index (χ1n) is 7.49. The second-order valence-corrected chi connectivity index (χ2v) is 5.82. The molecule has 1 saturated heterocycles. The number of rotatable bonds is 5. The summed E-state index contributed by atoms with van der Waals surface area (Å²) in [5.41, 5.74) is 5.72. The highest BCUT2D eigenvalue weighted by atomic mass is 35.5. The highest BCUT2D eigenvalue weighted by molar-refractivity contribution is 5.85. The van der Waals surface area contributed by atoms with Crippen molar-refractivity contribution in [3.05, 3.63) is 0 Å². The van der Waals surface area contributed by atoms with E-state index >= 15 is 0 Å². The van der Waals surface area contributed by atoms with Crippen molar-refractivity contribution >= 4 is 30.7 Å². The zero-order valence-electron chi connectivity index (χ0n) is 12.8. The van der Waals surface area contributed by atoms with Crippen molar-refractivity contribution in [1.29, 1.82) is 0 Å². The molecule has 0 bridgehead atoms. The summed E-state index contributed by atoms with van der Waals surface area (Å²) in [6.07, 6.45) is 7.57. The molecule has 0 spiro atoms. The Balaban J connectivity index is 0.00000200. The van der Waals surface area contributed by atoms with Gasteiger partial charge in [0.05, 0.1) is 6.61 Å². The van der Waals surface area contributed by atoms with Crippen LogP contribution in [0.15, 0.2) is 0 Å². The minimum atomic E-state index is -0.544. The number of nitrogens with two attached hydrogens (primary N) is 1. The quantitative estimate of drug-likeness (QED) is 0.791. The Hall–Kier alpha value is -0.0700. The van der Waals surface area contributed by atoms with Crippen molar-refractivity contribution in [3.8, 4) is 0 Å². The zero-order chi connectivity index (χ0) is 13.7. The molecule has 126 valence electrons. The molecule has 0 radical (unpaired) electrons. The Morgan fingerprint density at radius 1 is 1.24 bits per heavy atom. The van der Waals surface area contributed by atoms with Gasteiger partial charge in [-0.3, -0.25) is 4.79 Å². The van der Waals surface area contributed by atoms with E-state index < -0.39 is 6.04 Å². The number of amides is 1. The lowest BCUT2D eigenvalue weighted by Gasteiger charge is -2.36. The van der Waals surface area contributed by atoms with E-state index in [9.17, 15) is 4.79 Å². The van der Waals surface area contributed by atoms with Crippen LogP contribution >= 0.6 is 24.8 Å². The fourth-order valence-electron chi connectivity index (χ4n) is 3.24. The number of carbonyl (C=O) groups is 1. The molecule has 1 aliphatic heterocycles. The molecular formula is C14H29Cl2N3O2. The van der Waals surface area contributed by atoms with Gasteiger partial charge in [-0.25, -0.2) is 0 Å². The molecular weight excluding hydrogens is 313 g/mol. The lowest BCUT2D eigenvalue weighted by molar-refractivity contribution is -0.124. The highest BCUT2D eigenvalue weighted by Crippen LogP contribution is 2.26. The van der Waals surface area contributed by atoms with Crippen LogP contribution in [0.5, 0.6) is 0 Å². The van der Waals surface area contributed by atoms with Crippen LogP contribution in [-0.2, 0) is 9.53 Å². The van der Waals surface area contributed by atoms with Crippen molar-refractivity contribution in [2.75, 3.05) is 26.8 Å². The third-order valence-corrected chi connectivity index (χ3v) is 4.40. The minimum Gasteiger partial charge on any atom is -0.383 e. The van der Waals surface area contributed by atoms with Gasteiger partial charge in [-0.2, -0.15) is 0 Å². The summed E-state index contributed by atoms with van der Waals surface area (Å²) in [4.78, 5) is 14.4. The Morgan fingerprint density at radius 3 is 2.33 bits per heavy atom. The molecule has 7 heteroatoms. The van der Waals surface area contributed by atoms with Crippen molar-refractivity contribution in [3.63, 3.8) is 0 Å². The van der Waals surface area contributed by atoms with Crippen LogP contribution in [-0.4, -0.2) is 55.7 Å². The minimum absolute atomic E-state index is 0. The second kappa shape index (κ2) is 10.6. The molecule has 1 aliphatic carbocycles. The van der Waals surface area contributed by atoms with Gasteiger partial charge in [-0.1, -0.05) is 12.8 Å². The Morgan fingerprint density at radius 2 is 1.81 bits per heavy atom. The molecule has 1 atom stereocenters. The molecule has 2 aliphatic rings. The molecule has 2 fully saturated rings. The van der Waals surface area contributed by atoms with Gasteiger partial charge >= 0.3 is 0 Å². The largest absolute Gasteiger partial charge is 0.383 e. The van der Waals surface area contributed by atoms with E-state index in [1.165, 1.54) is 25.7 Å². The maximum Gasteiger partial charge on any atom is 0.239 e. The number of hydrogen-bond acceptors (Lipinski definition) is 4. The zero-order valence-corrected chi connectivity index (χ0v) is 14.4. The van der Waals surface area contributed by atoms with Crippen LogP contribution in [0.25, 0.3) is 0 Å². The molecule has 0 aromatic rings. The molecule has 2 rings (SSSR count). The molecule has 1 heterocycles. The van der Waals surface area contributed by atoms with Crippen molar-refractivity contribution < 1.29 is 9.53 Å². The van der Waals surface area contributed by atoms with Gasteiger partial charge in [-0.15, -0.1) is 24.8 Å². The summed E-state index contributed by atoms with van der Waals surface area (Å²) >= 11 is 0. The van der Waals surface area contributed by atoms with E-state index in [4.69, 9.17) is 10.5 Å². The molecule has 1 amide bonds. The van der Waals surface area contributed by atoms with E-state index in [1.54, 1.807) is 7.11 Å². The summed E-state index contributed by atoms with van der Waals surface area (Å²) in [6, 6.07) is 0.540. The van der Waals surface area contributed by atoms with Crippen LogP contribution in [0.4, 0.5) is 0 Å². The monoisotopic (exact) mass is 341 g/mol. The molecule has 5 nitrogen and oxygen atoms in total. The van der Waals surface area contributed by atoms with Crippen molar-refractivity contribution in [1.82, 2.24) is 10.2 Å². The van der Waals surface area contributed by atoms with Crippen LogP contribution in [0.1, 0.15) is 38.5 Å². The smallest absolute Gasteiger partial charge is 0.239 e. The predicted octanol–water partition coefficient (Wildman–Crippen LogP) is 1.33. The fraction of sp³-hybridized carbons (Fsp3) is 0.929. The van der Waals surface area contributed by atoms with Gasteiger partial charge in [0.15, 0.2) is 0 Å². The number of halogens is 2. The summed E-state index contributed by atoms with van der Waals surface area (Å²) in [6.45, 7) is 2.50. The number of carbonyl (C=O) groups excluding carboxylic acids is 1. The molecule has 21 heavy (non-hydrogen) atoms. The molecule has 1 unspecified atom stereocenters. The number of likely N-dealkylation sites (tertiary alicyclic amines) is 1. The van der Waals surface area contributed by atoms with E-state index in [0.29, 0.717) is 0 Å². The molecule has 3 N–H and O–H groups in total. The highest BCUT2D eigenvalue weighted by Gasteiger charge is 2.28. The lowest BCUT2D eigenvalue weighted by atomic mass is 10.0. The number of piperidine rings is 1. The van der Waals surface area contributed by atoms with Gasteiger partial charge < -0.3 is 20.7 Å². The standard InChI is InChI=1S/C14H27N3O2.2ClH/c1-19-10-13(15)14(18)16-11-6-8-17(9-7-11)12-4-2-3-5-12;;/h11-13H,2-10,15H2,1H3,(H,16,18);2*1H. The predicted molar refractivity (Wildman–Crippen MR) is 89.3 cm³/mol. The lowest BCUT2D eigenvalue weighted by Crippen LogP contribution is -2.51. The number of nitrogens with zero attached hydrogens (tertiary/aromatic N) is 1. The first kappa shape index (κ1) is 20.9. The van der Waals surface area contributed by atoms with Crippen molar-refractivity contribution in [2.45, 2.75) is 56.7 Å². The summed E-state index contributed by atoms with van der Waals surface area (Å²) in [5.74, 6) is -0.0823. The van der Waals surface area contributed by atoms with Crippen LogP contribution in [0.3, 0.4) is 0 Å². The third-order valence-electron chi connectivity index (χ3n) is 4.40. The third kappa shape index (κ3) is 6.28. The van der Waals surface area contributed by atoms with Gasteiger partial charge in [0.2, 0.25) is 5.91 Å². The number of nitrogens with one attached hydrogen (secondary N) is 1. The maximum atomic E-state index is 11.8. The average molecular weight is 342 g/mol. The van der Waals surface area contributed by atoms with E-state index in [0.717, 1.165) is 32.0 Å². The Labute approximate surface area is 140 Å². The van der Waals surface area contributed by atoms with E-state index in [1.807, 2.05) is 0 Å².